The van der Waals surface area contributed by atoms with Crippen LogP contribution in [0.5, 0.6) is 0 Å². The third-order valence-corrected chi connectivity index (χ3v) is 4.47. The maximum atomic E-state index is 12.9. The van der Waals surface area contributed by atoms with Gasteiger partial charge in [0.1, 0.15) is 0 Å². The highest BCUT2D eigenvalue weighted by molar-refractivity contribution is 6.01. The number of benzene rings is 2. The first kappa shape index (κ1) is 18.1. The second-order valence-electron chi connectivity index (χ2n) is 6.30. The lowest BCUT2D eigenvalue weighted by molar-refractivity contribution is -0.135. The highest BCUT2D eigenvalue weighted by atomic mass is 16.5. The van der Waals surface area contributed by atoms with Crippen LogP contribution in [0, 0.1) is 5.92 Å². The van der Waals surface area contributed by atoms with Crippen LogP contribution in [0.3, 0.4) is 0 Å². The lowest BCUT2D eigenvalue weighted by atomic mass is 9.93. The van der Waals surface area contributed by atoms with Crippen molar-refractivity contribution in [3.05, 3.63) is 77.9 Å². The zero-order valence-electron chi connectivity index (χ0n) is 14.7. The lowest BCUT2D eigenvalue weighted by Crippen LogP contribution is -2.41. The van der Waals surface area contributed by atoms with Gasteiger partial charge >= 0.3 is 0 Å². The molecule has 0 spiro atoms. The highest BCUT2D eigenvalue weighted by Crippen LogP contribution is 2.18. The predicted octanol–water partition coefficient (Wildman–Crippen LogP) is 3.45. The molecule has 1 atom stereocenters. The zero-order chi connectivity index (χ0) is 18.2. The monoisotopic (exact) mass is 349 g/mol. The number of hydrogen-bond donors (Lipinski definition) is 0. The van der Waals surface area contributed by atoms with Crippen molar-refractivity contribution < 1.29 is 14.3 Å². The van der Waals surface area contributed by atoms with E-state index in [1.807, 2.05) is 60.7 Å². The molecule has 1 heterocycles. The Morgan fingerprint density at radius 2 is 1.58 bits per heavy atom. The van der Waals surface area contributed by atoms with E-state index >= 15 is 0 Å². The molecule has 0 aromatic heterocycles. The molecule has 2 aromatic rings. The average Bonchev–Trinajstić information content (AvgIpc) is 2.72. The van der Waals surface area contributed by atoms with Crippen LogP contribution in [0.15, 0.2) is 66.7 Å². The summed E-state index contributed by atoms with van der Waals surface area (Å²) in [5.41, 5.74) is 1.64. The van der Waals surface area contributed by atoms with Gasteiger partial charge in [0.25, 0.3) is 0 Å². The molecular weight excluding hydrogens is 326 g/mol. The van der Waals surface area contributed by atoms with Gasteiger partial charge in [-0.3, -0.25) is 9.59 Å². The first-order chi connectivity index (χ1) is 12.7. The maximum Gasteiger partial charge on any atom is 0.223 e. The molecule has 26 heavy (non-hydrogen) atoms. The number of morpholine rings is 1. The molecule has 134 valence electrons. The van der Waals surface area contributed by atoms with Gasteiger partial charge in [-0.15, -0.1) is 0 Å². The Kier molecular flexibility index (Phi) is 6.34. The summed E-state index contributed by atoms with van der Waals surface area (Å²) in [6.07, 6.45) is 3.94. The largest absolute Gasteiger partial charge is 0.378 e. The Balaban J connectivity index is 1.77. The standard InChI is InChI=1S/C22H23NO3/c24-21(23-13-15-26-16-14-23)17-20(12-11-18-7-3-1-4-8-18)22(25)19-9-5-2-6-10-19/h1-12,20H,13-17H2/b12-11+. The van der Waals surface area contributed by atoms with E-state index in [9.17, 15) is 9.59 Å². The van der Waals surface area contributed by atoms with E-state index in [1.165, 1.54) is 0 Å². The Morgan fingerprint density at radius 1 is 0.962 bits per heavy atom. The molecule has 0 radical (unpaired) electrons. The van der Waals surface area contributed by atoms with Crippen molar-refractivity contribution in [3.8, 4) is 0 Å². The average molecular weight is 349 g/mol. The molecule has 2 aromatic carbocycles. The van der Waals surface area contributed by atoms with Crippen molar-refractivity contribution in [1.29, 1.82) is 0 Å². The minimum Gasteiger partial charge on any atom is -0.378 e. The Labute approximate surface area is 154 Å². The molecule has 1 aliphatic heterocycles. The van der Waals surface area contributed by atoms with Crippen LogP contribution in [0.1, 0.15) is 22.3 Å². The molecule has 1 saturated heterocycles. The fourth-order valence-electron chi connectivity index (χ4n) is 2.99. The highest BCUT2D eigenvalue weighted by Gasteiger charge is 2.24. The van der Waals surface area contributed by atoms with Gasteiger partial charge in [-0.25, -0.2) is 0 Å². The predicted molar refractivity (Wildman–Crippen MR) is 102 cm³/mol. The van der Waals surface area contributed by atoms with Crippen LogP contribution in [0.2, 0.25) is 0 Å². The van der Waals surface area contributed by atoms with E-state index < -0.39 is 5.92 Å². The summed E-state index contributed by atoms with van der Waals surface area (Å²) in [7, 11) is 0. The van der Waals surface area contributed by atoms with Crippen molar-refractivity contribution >= 4 is 17.8 Å². The van der Waals surface area contributed by atoms with Gasteiger partial charge in [0.2, 0.25) is 5.91 Å². The number of allylic oxidation sites excluding steroid dienone is 1. The summed E-state index contributed by atoms with van der Waals surface area (Å²) in [6.45, 7) is 2.30. The van der Waals surface area contributed by atoms with Crippen molar-refractivity contribution in [2.24, 2.45) is 5.92 Å². The van der Waals surface area contributed by atoms with Gasteiger partial charge in [-0.05, 0) is 5.56 Å². The minimum absolute atomic E-state index is 0.000271. The van der Waals surface area contributed by atoms with Crippen LogP contribution < -0.4 is 0 Å². The van der Waals surface area contributed by atoms with E-state index in [-0.39, 0.29) is 18.1 Å². The Morgan fingerprint density at radius 3 is 2.23 bits per heavy atom. The number of ketones is 1. The lowest BCUT2D eigenvalue weighted by Gasteiger charge is -2.27. The topological polar surface area (TPSA) is 46.6 Å². The van der Waals surface area contributed by atoms with E-state index in [2.05, 4.69) is 0 Å². The summed E-state index contributed by atoms with van der Waals surface area (Å²) in [5, 5.41) is 0. The Bertz CT molecular complexity index is 749. The summed E-state index contributed by atoms with van der Waals surface area (Å²) >= 11 is 0. The van der Waals surface area contributed by atoms with Crippen molar-refractivity contribution in [2.75, 3.05) is 26.3 Å². The van der Waals surface area contributed by atoms with E-state index in [0.29, 0.717) is 31.9 Å². The van der Waals surface area contributed by atoms with Crippen LogP contribution in [-0.2, 0) is 9.53 Å². The number of nitrogens with zero attached hydrogens (tertiary/aromatic N) is 1. The maximum absolute atomic E-state index is 12.9. The Hall–Kier alpha value is -2.72. The second-order valence-corrected chi connectivity index (χ2v) is 6.30. The molecule has 4 nitrogen and oxygen atoms in total. The fourth-order valence-corrected chi connectivity index (χ4v) is 2.99. The van der Waals surface area contributed by atoms with E-state index in [0.717, 1.165) is 5.56 Å². The van der Waals surface area contributed by atoms with Crippen molar-refractivity contribution in [1.82, 2.24) is 4.90 Å². The first-order valence-electron chi connectivity index (χ1n) is 8.92. The molecule has 0 N–H and O–H groups in total. The number of carbonyl (C=O) groups is 2. The van der Waals surface area contributed by atoms with Crippen molar-refractivity contribution in [2.45, 2.75) is 6.42 Å². The minimum atomic E-state index is -0.479. The third kappa shape index (κ3) is 4.90. The van der Waals surface area contributed by atoms with Gasteiger partial charge in [0, 0.05) is 31.0 Å². The number of carbonyl (C=O) groups excluding carboxylic acids is 2. The summed E-state index contributed by atoms with van der Waals surface area (Å²) in [4.78, 5) is 27.4. The van der Waals surface area contributed by atoms with Gasteiger partial charge in [-0.1, -0.05) is 72.8 Å². The molecule has 1 aliphatic rings. The van der Waals surface area contributed by atoms with Crippen LogP contribution >= 0.6 is 0 Å². The van der Waals surface area contributed by atoms with Gasteiger partial charge in [-0.2, -0.15) is 0 Å². The van der Waals surface area contributed by atoms with E-state index in [1.54, 1.807) is 17.0 Å². The normalized spacial score (nSPS) is 15.8. The molecule has 0 saturated carbocycles. The molecule has 1 fully saturated rings. The molecule has 0 bridgehead atoms. The number of rotatable bonds is 6. The SMILES string of the molecule is O=C(c1ccccc1)C(/C=C/c1ccccc1)CC(=O)N1CCOCC1. The molecule has 4 heteroatoms. The molecule has 3 rings (SSSR count). The van der Waals surface area contributed by atoms with Gasteiger partial charge < -0.3 is 9.64 Å². The van der Waals surface area contributed by atoms with Gasteiger partial charge in [0.05, 0.1) is 13.2 Å². The third-order valence-electron chi connectivity index (χ3n) is 4.47. The quantitative estimate of drug-likeness (QED) is 0.751. The smallest absolute Gasteiger partial charge is 0.223 e. The van der Waals surface area contributed by atoms with Gasteiger partial charge in [0.15, 0.2) is 5.78 Å². The number of Topliss-reactive ketones (excluding diaryl/α,β-unsaturated/α-hetero) is 1. The summed E-state index contributed by atoms with van der Waals surface area (Å²) < 4.78 is 5.30. The fraction of sp³-hybridized carbons (Fsp3) is 0.273. The summed E-state index contributed by atoms with van der Waals surface area (Å²) in [5.74, 6) is -0.507. The number of ether oxygens (including phenoxy) is 1. The van der Waals surface area contributed by atoms with Crippen LogP contribution in [-0.4, -0.2) is 42.9 Å². The van der Waals surface area contributed by atoms with E-state index in [4.69, 9.17) is 4.74 Å². The molecule has 0 aliphatic carbocycles. The van der Waals surface area contributed by atoms with Crippen LogP contribution in [0.25, 0.3) is 6.08 Å². The molecule has 1 amide bonds. The molecular formula is C22H23NO3. The number of amides is 1. The zero-order valence-corrected chi connectivity index (χ0v) is 14.7. The summed E-state index contributed by atoms with van der Waals surface area (Å²) in [6, 6.07) is 19.0. The van der Waals surface area contributed by atoms with Crippen molar-refractivity contribution in [3.63, 3.8) is 0 Å². The first-order valence-corrected chi connectivity index (χ1v) is 8.92. The second kappa shape index (κ2) is 9.11. The van der Waals surface area contributed by atoms with Crippen LogP contribution in [0.4, 0.5) is 0 Å². The number of hydrogen-bond acceptors (Lipinski definition) is 3. The molecule has 1 unspecified atom stereocenters.